The summed E-state index contributed by atoms with van der Waals surface area (Å²) in [6, 6.07) is 6.32. The van der Waals surface area contributed by atoms with Gasteiger partial charge < -0.3 is 16.0 Å². The van der Waals surface area contributed by atoms with Crippen LogP contribution in [0.3, 0.4) is 0 Å². The third kappa shape index (κ3) is 5.53. The highest BCUT2D eigenvalue weighted by Gasteiger charge is 2.25. The molecule has 2 aromatic carbocycles. The second-order valence-electron chi connectivity index (χ2n) is 7.71. The Balaban J connectivity index is 1.97. The van der Waals surface area contributed by atoms with E-state index in [2.05, 4.69) is 22.1 Å². The number of nitrogens with two attached hydrogens (primary N) is 1. The van der Waals surface area contributed by atoms with E-state index >= 15 is 4.39 Å². The van der Waals surface area contributed by atoms with Crippen molar-refractivity contribution in [2.75, 3.05) is 29.9 Å². The Hall–Kier alpha value is -3.46. The quantitative estimate of drug-likeness (QED) is 0.380. The molecule has 0 aliphatic carbocycles. The van der Waals surface area contributed by atoms with Crippen LogP contribution in [0.2, 0.25) is 0 Å². The van der Waals surface area contributed by atoms with Gasteiger partial charge in [-0.1, -0.05) is 19.4 Å². The summed E-state index contributed by atoms with van der Waals surface area (Å²) in [4.78, 5) is 19.1. The van der Waals surface area contributed by atoms with Crippen molar-refractivity contribution in [1.29, 1.82) is 0 Å². The molecular formula is C25H26F4N4O. The Morgan fingerprint density at radius 2 is 1.65 bits per heavy atom. The zero-order chi connectivity index (χ0) is 24.7. The van der Waals surface area contributed by atoms with Crippen LogP contribution >= 0.6 is 0 Å². The maximum absolute atomic E-state index is 15.3. The topological polar surface area (TPSA) is 71.2 Å². The molecule has 0 spiro atoms. The number of aromatic nitrogens is 1. The summed E-state index contributed by atoms with van der Waals surface area (Å²) in [6.45, 7) is 3.91. The number of benzene rings is 2. The van der Waals surface area contributed by atoms with E-state index in [1.54, 1.807) is 12.3 Å². The summed E-state index contributed by atoms with van der Waals surface area (Å²) in [5.41, 5.74) is 4.28. The second kappa shape index (κ2) is 11.6. The molecule has 5 nitrogen and oxygen atoms in total. The van der Waals surface area contributed by atoms with Crippen molar-refractivity contribution < 1.29 is 22.4 Å². The van der Waals surface area contributed by atoms with E-state index in [9.17, 15) is 18.0 Å². The summed E-state index contributed by atoms with van der Waals surface area (Å²) < 4.78 is 58.1. The predicted molar refractivity (Wildman–Crippen MR) is 125 cm³/mol. The number of rotatable bonds is 10. The van der Waals surface area contributed by atoms with Crippen molar-refractivity contribution in [3.8, 4) is 11.1 Å². The lowest BCUT2D eigenvalue weighted by Gasteiger charge is -2.27. The van der Waals surface area contributed by atoms with Crippen LogP contribution < -0.4 is 16.0 Å². The summed E-state index contributed by atoms with van der Waals surface area (Å²) in [7, 11) is 0. The molecule has 0 unspecified atom stereocenters. The highest BCUT2D eigenvalue weighted by atomic mass is 19.1. The van der Waals surface area contributed by atoms with Crippen molar-refractivity contribution in [2.24, 2.45) is 5.73 Å². The first kappa shape index (κ1) is 25.2. The normalized spacial score (nSPS) is 10.9. The lowest BCUT2D eigenvalue weighted by Crippen LogP contribution is -2.28. The fraction of sp³-hybridized carbons (Fsp3) is 0.280. The van der Waals surface area contributed by atoms with Crippen LogP contribution in [0, 0.1) is 23.3 Å². The monoisotopic (exact) mass is 474 g/mol. The van der Waals surface area contributed by atoms with Gasteiger partial charge in [0.1, 0.15) is 23.3 Å². The molecule has 1 heterocycles. The number of nitrogens with one attached hydrogen (secondary N) is 1. The van der Waals surface area contributed by atoms with Crippen molar-refractivity contribution >= 4 is 17.3 Å². The molecule has 34 heavy (non-hydrogen) atoms. The van der Waals surface area contributed by atoms with Gasteiger partial charge in [-0.15, -0.1) is 0 Å². The van der Waals surface area contributed by atoms with Crippen LogP contribution in [0.5, 0.6) is 0 Å². The van der Waals surface area contributed by atoms with E-state index in [1.807, 2.05) is 0 Å². The second-order valence-corrected chi connectivity index (χ2v) is 7.71. The van der Waals surface area contributed by atoms with Gasteiger partial charge in [-0.3, -0.25) is 9.78 Å². The molecule has 0 saturated carbocycles. The van der Waals surface area contributed by atoms with Crippen LogP contribution in [0.1, 0.15) is 36.5 Å². The van der Waals surface area contributed by atoms with Crippen molar-refractivity contribution in [3.63, 3.8) is 0 Å². The number of carbonyl (C=O) groups excluding carboxylic acids is 1. The first-order chi connectivity index (χ1) is 16.4. The minimum atomic E-state index is -1.36. The molecule has 9 heteroatoms. The minimum absolute atomic E-state index is 0.322. The number of carbonyl (C=O) groups is 1. The molecule has 3 rings (SSSR count). The predicted octanol–water partition coefficient (Wildman–Crippen LogP) is 5.51. The van der Waals surface area contributed by atoms with Gasteiger partial charge >= 0.3 is 0 Å². The fourth-order valence-electron chi connectivity index (χ4n) is 3.63. The molecule has 0 bridgehead atoms. The smallest absolute Gasteiger partial charge is 0.258 e. The van der Waals surface area contributed by atoms with Crippen LogP contribution in [0.4, 0.5) is 28.9 Å². The number of pyridine rings is 1. The van der Waals surface area contributed by atoms with Gasteiger partial charge in [0.2, 0.25) is 0 Å². The Morgan fingerprint density at radius 3 is 2.32 bits per heavy atom. The first-order valence-electron chi connectivity index (χ1n) is 11.0. The number of halogens is 4. The number of nitrogens with zero attached hydrogens (tertiary/aromatic N) is 2. The highest BCUT2D eigenvalue weighted by molar-refractivity contribution is 6.06. The zero-order valence-electron chi connectivity index (χ0n) is 18.8. The fourth-order valence-corrected chi connectivity index (χ4v) is 3.63. The number of amides is 1. The van der Waals surface area contributed by atoms with E-state index in [4.69, 9.17) is 5.73 Å². The molecule has 0 atom stereocenters. The highest BCUT2D eigenvalue weighted by Crippen LogP contribution is 2.33. The van der Waals surface area contributed by atoms with Crippen LogP contribution in [-0.2, 0) is 0 Å². The molecule has 3 aromatic rings. The van der Waals surface area contributed by atoms with Gasteiger partial charge in [-0.25, -0.2) is 17.6 Å². The van der Waals surface area contributed by atoms with Gasteiger partial charge in [0, 0.05) is 19.3 Å². The minimum Gasteiger partial charge on any atom is -0.370 e. The SMILES string of the molecule is CCCCN(CCCN)c1ccncc1NC(=O)c1ccc(F)c(-c2c(F)cccc2F)c1F. The molecular weight excluding hydrogens is 448 g/mol. The maximum Gasteiger partial charge on any atom is 0.258 e. The maximum atomic E-state index is 15.3. The van der Waals surface area contributed by atoms with Crippen molar-refractivity contribution in [1.82, 2.24) is 4.98 Å². The Labute approximate surface area is 195 Å². The first-order valence-corrected chi connectivity index (χ1v) is 11.0. The Morgan fingerprint density at radius 1 is 0.971 bits per heavy atom. The standard InChI is InChI=1S/C25H26F4N4O/c1-2-3-13-33(14-5-11-30)21-10-12-31-15-20(21)32-25(34)16-8-9-19(28)23(24(16)29)22-17(26)6-4-7-18(22)27/h4,6-10,12,15H,2-3,5,11,13-14,30H2,1H3,(H,32,34). The zero-order valence-corrected chi connectivity index (χ0v) is 18.8. The van der Waals surface area contributed by atoms with E-state index in [0.717, 1.165) is 49.6 Å². The van der Waals surface area contributed by atoms with E-state index < -0.39 is 45.9 Å². The molecule has 1 aromatic heterocycles. The molecule has 0 aliphatic rings. The third-order valence-corrected chi connectivity index (χ3v) is 5.35. The molecule has 0 aliphatic heterocycles. The van der Waals surface area contributed by atoms with Gasteiger partial charge in [0.25, 0.3) is 5.91 Å². The summed E-state index contributed by atoms with van der Waals surface area (Å²) >= 11 is 0. The van der Waals surface area contributed by atoms with E-state index in [-0.39, 0.29) is 0 Å². The molecule has 1 amide bonds. The van der Waals surface area contributed by atoms with E-state index in [0.29, 0.717) is 31.0 Å². The number of hydrogen-bond acceptors (Lipinski definition) is 4. The molecule has 180 valence electrons. The van der Waals surface area contributed by atoms with Gasteiger partial charge in [-0.05, 0) is 49.7 Å². The van der Waals surface area contributed by atoms with E-state index in [1.165, 1.54) is 6.20 Å². The van der Waals surface area contributed by atoms with Crippen LogP contribution in [0.15, 0.2) is 48.8 Å². The summed E-state index contributed by atoms with van der Waals surface area (Å²) in [6.07, 6.45) is 5.59. The number of hydrogen-bond donors (Lipinski definition) is 2. The lowest BCUT2D eigenvalue weighted by atomic mass is 9.99. The Kier molecular flexibility index (Phi) is 8.59. The third-order valence-electron chi connectivity index (χ3n) is 5.35. The molecule has 0 radical (unpaired) electrons. The van der Waals surface area contributed by atoms with Gasteiger partial charge in [0.15, 0.2) is 0 Å². The molecule has 3 N–H and O–H groups in total. The van der Waals surface area contributed by atoms with Gasteiger partial charge in [-0.2, -0.15) is 0 Å². The van der Waals surface area contributed by atoms with Crippen LogP contribution in [0.25, 0.3) is 11.1 Å². The van der Waals surface area contributed by atoms with Crippen molar-refractivity contribution in [2.45, 2.75) is 26.2 Å². The van der Waals surface area contributed by atoms with Crippen LogP contribution in [-0.4, -0.2) is 30.5 Å². The summed E-state index contributed by atoms with van der Waals surface area (Å²) in [5.74, 6) is -5.74. The van der Waals surface area contributed by atoms with Crippen molar-refractivity contribution in [3.05, 3.63) is 77.6 Å². The average Bonchev–Trinajstić information content (AvgIpc) is 2.81. The van der Waals surface area contributed by atoms with Gasteiger partial charge in [0.05, 0.1) is 34.3 Å². The average molecular weight is 475 g/mol. The lowest BCUT2D eigenvalue weighted by molar-refractivity contribution is 0.102. The number of unbranched alkanes of at least 4 members (excludes halogenated alkanes) is 1. The molecule has 0 saturated heterocycles. The molecule has 0 fully saturated rings. The largest absolute Gasteiger partial charge is 0.370 e. The summed E-state index contributed by atoms with van der Waals surface area (Å²) in [5, 5.41) is 2.60. The number of anilines is 2. The Bertz CT molecular complexity index is 1130.